The molecule has 2 amide bonds. The molecule has 1 N–H and O–H groups in total. The summed E-state index contributed by atoms with van der Waals surface area (Å²) in [5.41, 5.74) is 0.896. The van der Waals surface area contributed by atoms with Crippen LogP contribution in [-0.4, -0.2) is 57.7 Å². The molecule has 1 aromatic rings. The monoisotopic (exact) mass is 378 g/mol. The second-order valence-electron chi connectivity index (χ2n) is 6.61. The summed E-state index contributed by atoms with van der Waals surface area (Å²) in [5.74, 6) is 1.18. The molecule has 1 aliphatic heterocycles. The van der Waals surface area contributed by atoms with Crippen LogP contribution in [0.3, 0.4) is 0 Å². The number of nitrogens with one attached hydrogen (secondary N) is 1. The molecule has 1 heterocycles. The predicted molar refractivity (Wildman–Crippen MR) is 103 cm³/mol. The average molecular weight is 378 g/mol. The summed E-state index contributed by atoms with van der Waals surface area (Å²) in [6.07, 6.45) is 1.29. The van der Waals surface area contributed by atoms with Crippen molar-refractivity contribution in [3.8, 4) is 17.2 Å². The lowest BCUT2D eigenvalue weighted by molar-refractivity contribution is -0.130. The lowest BCUT2D eigenvalue weighted by atomic mass is 9.88. The molecule has 150 valence electrons. The Balaban J connectivity index is 2.41. The van der Waals surface area contributed by atoms with Gasteiger partial charge in [0.25, 0.3) is 0 Å². The molecule has 2 rings (SSSR count). The van der Waals surface area contributed by atoms with Crippen LogP contribution in [0.2, 0.25) is 0 Å². The topological polar surface area (TPSA) is 77.1 Å². The van der Waals surface area contributed by atoms with Crippen LogP contribution in [0.1, 0.15) is 38.2 Å². The van der Waals surface area contributed by atoms with Gasteiger partial charge in [0.2, 0.25) is 17.6 Å². The van der Waals surface area contributed by atoms with Crippen LogP contribution in [0.25, 0.3) is 0 Å². The molecular weight excluding hydrogens is 348 g/mol. The summed E-state index contributed by atoms with van der Waals surface area (Å²) in [4.78, 5) is 26.8. The number of amides is 2. The number of hydrogen-bond donors (Lipinski definition) is 1. The molecule has 1 fully saturated rings. The van der Waals surface area contributed by atoms with Crippen molar-refractivity contribution in [2.45, 2.75) is 32.6 Å². The Kier molecular flexibility index (Phi) is 7.33. The summed E-state index contributed by atoms with van der Waals surface area (Å²) in [7, 11) is 4.68. The highest BCUT2D eigenvalue weighted by atomic mass is 16.5. The Labute approximate surface area is 161 Å². The van der Waals surface area contributed by atoms with Crippen LogP contribution in [0.15, 0.2) is 12.1 Å². The van der Waals surface area contributed by atoms with Gasteiger partial charge in [0.15, 0.2) is 11.5 Å². The van der Waals surface area contributed by atoms with Crippen LogP contribution in [0.5, 0.6) is 17.2 Å². The standard InChI is InChI=1S/C20H30N2O5/c1-6-8-21-20(24)15-12-22(18(23)7-2)11-14(15)13-9-16(25-3)19(27-5)17(10-13)26-4/h9-10,14-15H,6-8,11-12H2,1-5H3,(H,21,24)/t14-,15+/m0/s1. The normalized spacial score (nSPS) is 18.9. The van der Waals surface area contributed by atoms with E-state index in [0.717, 1.165) is 12.0 Å². The number of carbonyl (C=O) groups is 2. The highest BCUT2D eigenvalue weighted by Crippen LogP contribution is 2.43. The Morgan fingerprint density at radius 1 is 1.07 bits per heavy atom. The molecular formula is C20H30N2O5. The third kappa shape index (κ3) is 4.46. The molecule has 2 atom stereocenters. The van der Waals surface area contributed by atoms with Gasteiger partial charge in [-0.25, -0.2) is 0 Å². The minimum atomic E-state index is -0.310. The van der Waals surface area contributed by atoms with Gasteiger partial charge in [-0.15, -0.1) is 0 Å². The Morgan fingerprint density at radius 3 is 2.19 bits per heavy atom. The number of ether oxygens (including phenoxy) is 3. The Hall–Kier alpha value is -2.44. The number of carbonyl (C=O) groups excluding carboxylic acids is 2. The van der Waals surface area contributed by atoms with Crippen LogP contribution in [-0.2, 0) is 9.59 Å². The molecule has 0 saturated carbocycles. The van der Waals surface area contributed by atoms with Gasteiger partial charge in [0.1, 0.15) is 0 Å². The van der Waals surface area contributed by atoms with Gasteiger partial charge in [-0.3, -0.25) is 9.59 Å². The van der Waals surface area contributed by atoms with E-state index in [0.29, 0.717) is 43.3 Å². The van der Waals surface area contributed by atoms with Crippen LogP contribution in [0, 0.1) is 5.92 Å². The molecule has 7 heteroatoms. The van der Waals surface area contributed by atoms with Gasteiger partial charge < -0.3 is 24.4 Å². The summed E-state index contributed by atoms with van der Waals surface area (Å²) in [5, 5.41) is 2.97. The summed E-state index contributed by atoms with van der Waals surface area (Å²) in [6, 6.07) is 3.73. The minimum Gasteiger partial charge on any atom is -0.493 e. The summed E-state index contributed by atoms with van der Waals surface area (Å²) < 4.78 is 16.3. The first-order valence-electron chi connectivity index (χ1n) is 9.35. The smallest absolute Gasteiger partial charge is 0.225 e. The fourth-order valence-corrected chi connectivity index (χ4v) is 3.53. The van der Waals surface area contributed by atoms with Gasteiger partial charge in [0.05, 0.1) is 27.2 Å². The van der Waals surface area contributed by atoms with E-state index in [1.54, 1.807) is 26.2 Å². The zero-order valence-corrected chi connectivity index (χ0v) is 16.8. The molecule has 0 spiro atoms. The lowest BCUT2D eigenvalue weighted by Gasteiger charge is -2.21. The zero-order valence-electron chi connectivity index (χ0n) is 16.8. The lowest BCUT2D eigenvalue weighted by Crippen LogP contribution is -2.35. The summed E-state index contributed by atoms with van der Waals surface area (Å²) >= 11 is 0. The van der Waals surface area contributed by atoms with Crippen molar-refractivity contribution in [2.75, 3.05) is 41.0 Å². The van der Waals surface area contributed by atoms with Crippen molar-refractivity contribution in [1.82, 2.24) is 10.2 Å². The van der Waals surface area contributed by atoms with Gasteiger partial charge in [0, 0.05) is 32.0 Å². The zero-order chi connectivity index (χ0) is 20.0. The van der Waals surface area contributed by atoms with Crippen molar-refractivity contribution in [1.29, 1.82) is 0 Å². The largest absolute Gasteiger partial charge is 0.493 e. The van der Waals surface area contributed by atoms with Crippen molar-refractivity contribution >= 4 is 11.8 Å². The van der Waals surface area contributed by atoms with Crippen molar-refractivity contribution in [3.63, 3.8) is 0 Å². The second-order valence-corrected chi connectivity index (χ2v) is 6.61. The van der Waals surface area contributed by atoms with E-state index in [2.05, 4.69) is 5.32 Å². The predicted octanol–water partition coefficient (Wildman–Crippen LogP) is 2.19. The number of hydrogen-bond acceptors (Lipinski definition) is 5. The van der Waals surface area contributed by atoms with Crippen LogP contribution < -0.4 is 19.5 Å². The molecule has 0 unspecified atom stereocenters. The highest BCUT2D eigenvalue weighted by Gasteiger charge is 2.40. The molecule has 1 aromatic carbocycles. The van der Waals surface area contributed by atoms with E-state index >= 15 is 0 Å². The van der Waals surface area contributed by atoms with Crippen molar-refractivity contribution in [2.24, 2.45) is 5.92 Å². The van der Waals surface area contributed by atoms with Gasteiger partial charge in [-0.1, -0.05) is 13.8 Å². The maximum atomic E-state index is 12.7. The maximum Gasteiger partial charge on any atom is 0.225 e. The second kappa shape index (κ2) is 9.48. The van der Waals surface area contributed by atoms with E-state index < -0.39 is 0 Å². The van der Waals surface area contributed by atoms with Crippen molar-refractivity contribution < 1.29 is 23.8 Å². The molecule has 27 heavy (non-hydrogen) atoms. The molecule has 0 aromatic heterocycles. The van der Waals surface area contributed by atoms with E-state index in [4.69, 9.17) is 14.2 Å². The fraction of sp³-hybridized carbons (Fsp3) is 0.600. The van der Waals surface area contributed by atoms with Gasteiger partial charge in [-0.05, 0) is 24.1 Å². The average Bonchev–Trinajstić information content (AvgIpc) is 3.15. The Morgan fingerprint density at radius 2 is 1.70 bits per heavy atom. The van der Waals surface area contributed by atoms with Crippen molar-refractivity contribution in [3.05, 3.63) is 17.7 Å². The Bertz CT molecular complexity index is 651. The number of likely N-dealkylation sites (tertiary alicyclic amines) is 1. The SMILES string of the molecule is CCCNC(=O)[C@@H]1CN(C(=O)CC)C[C@H]1c1cc(OC)c(OC)c(OC)c1. The first-order chi connectivity index (χ1) is 13.0. The maximum absolute atomic E-state index is 12.7. The third-order valence-electron chi connectivity index (χ3n) is 4.98. The van der Waals surface area contributed by atoms with E-state index in [-0.39, 0.29) is 23.7 Å². The van der Waals surface area contributed by atoms with Crippen LogP contribution >= 0.6 is 0 Å². The third-order valence-corrected chi connectivity index (χ3v) is 4.98. The van der Waals surface area contributed by atoms with E-state index in [1.165, 1.54) is 0 Å². The fourth-order valence-electron chi connectivity index (χ4n) is 3.53. The van der Waals surface area contributed by atoms with Crippen LogP contribution in [0.4, 0.5) is 0 Å². The number of methoxy groups -OCH3 is 3. The molecule has 1 saturated heterocycles. The molecule has 0 aliphatic carbocycles. The van der Waals surface area contributed by atoms with Gasteiger partial charge in [-0.2, -0.15) is 0 Å². The van der Waals surface area contributed by atoms with E-state index in [1.807, 2.05) is 26.0 Å². The number of benzene rings is 1. The first-order valence-corrected chi connectivity index (χ1v) is 9.35. The van der Waals surface area contributed by atoms with Gasteiger partial charge >= 0.3 is 0 Å². The highest BCUT2D eigenvalue weighted by molar-refractivity contribution is 5.83. The first kappa shape index (κ1) is 20.9. The molecule has 0 bridgehead atoms. The molecule has 0 radical (unpaired) electrons. The molecule has 7 nitrogen and oxygen atoms in total. The summed E-state index contributed by atoms with van der Waals surface area (Å²) in [6.45, 7) is 5.39. The number of rotatable bonds is 8. The minimum absolute atomic E-state index is 0.0259. The van der Waals surface area contributed by atoms with E-state index in [9.17, 15) is 9.59 Å². The number of nitrogens with zero attached hydrogens (tertiary/aromatic N) is 1. The quantitative estimate of drug-likeness (QED) is 0.750. The molecule has 1 aliphatic rings.